The van der Waals surface area contributed by atoms with Gasteiger partial charge in [0, 0.05) is 18.9 Å². The van der Waals surface area contributed by atoms with Crippen LogP contribution < -0.4 is 11.5 Å². The minimum absolute atomic E-state index is 0.430. The average Bonchev–Trinajstić information content (AvgIpc) is 2.92. The van der Waals surface area contributed by atoms with Crippen LogP contribution in [0.2, 0.25) is 0 Å². The molecule has 5 nitrogen and oxygen atoms in total. The van der Waals surface area contributed by atoms with Gasteiger partial charge in [0.2, 0.25) is 0 Å². The summed E-state index contributed by atoms with van der Waals surface area (Å²) in [5.74, 6) is 0.907. The number of nitrogens with two attached hydrogens (primary N) is 2. The third kappa shape index (κ3) is 3.36. The Balaban J connectivity index is 2.34. The zero-order chi connectivity index (χ0) is 13.7. The van der Waals surface area contributed by atoms with Crippen LogP contribution in [-0.4, -0.2) is 20.7 Å². The fourth-order valence-electron chi connectivity index (χ4n) is 1.75. The lowest BCUT2D eigenvalue weighted by atomic mass is 10.1. The number of hydrogen-bond donors (Lipinski definition) is 2. The Labute approximate surface area is 116 Å². The van der Waals surface area contributed by atoms with Crippen molar-refractivity contribution < 1.29 is 0 Å². The molecule has 0 fully saturated rings. The van der Waals surface area contributed by atoms with Gasteiger partial charge < -0.3 is 11.5 Å². The fourth-order valence-corrected chi connectivity index (χ4v) is 2.21. The Bertz CT molecular complexity index is 562. The van der Waals surface area contributed by atoms with Gasteiger partial charge in [-0.25, -0.2) is 9.67 Å². The molecule has 1 heterocycles. The largest absolute Gasteiger partial charge is 0.378 e. The van der Waals surface area contributed by atoms with E-state index in [1.165, 1.54) is 11.8 Å². The Morgan fingerprint density at radius 2 is 2.32 bits per heavy atom. The third-order valence-electron chi connectivity index (χ3n) is 2.57. The molecule has 0 aliphatic rings. The van der Waals surface area contributed by atoms with E-state index in [-0.39, 0.29) is 0 Å². The van der Waals surface area contributed by atoms with E-state index < -0.39 is 0 Å². The number of amidine groups is 1. The van der Waals surface area contributed by atoms with E-state index >= 15 is 0 Å². The van der Waals surface area contributed by atoms with Crippen molar-refractivity contribution in [2.45, 2.75) is 13.5 Å². The summed E-state index contributed by atoms with van der Waals surface area (Å²) < 4.78 is 1.79. The van der Waals surface area contributed by atoms with Crippen LogP contribution in [0.15, 0.2) is 41.7 Å². The first-order valence-electron chi connectivity index (χ1n) is 6.04. The van der Waals surface area contributed by atoms with Gasteiger partial charge >= 0.3 is 0 Å². The van der Waals surface area contributed by atoms with Crippen LogP contribution in [-0.2, 0) is 6.54 Å². The first-order chi connectivity index (χ1) is 9.24. The maximum atomic E-state index is 5.80. The molecular formula is C13H17N5S. The van der Waals surface area contributed by atoms with Gasteiger partial charge in [0.15, 0.2) is 5.17 Å². The first kappa shape index (κ1) is 13.6. The molecule has 1 aromatic carbocycles. The standard InChI is InChI=1S/C13H17N5S/c1-2-19-13(15)17-11-4-5-12(10(8-11)9-14)18-7-3-6-16-18/h3-8H,2,9,14H2,1H3,(H2,15,17). The van der Waals surface area contributed by atoms with Crippen LogP contribution in [0.1, 0.15) is 12.5 Å². The Hall–Kier alpha value is -1.79. The number of hydrogen-bond acceptors (Lipinski definition) is 4. The second-order valence-electron chi connectivity index (χ2n) is 3.85. The van der Waals surface area contributed by atoms with Crippen LogP contribution in [0.3, 0.4) is 0 Å². The zero-order valence-electron chi connectivity index (χ0n) is 10.8. The molecule has 0 aliphatic carbocycles. The van der Waals surface area contributed by atoms with E-state index in [2.05, 4.69) is 10.1 Å². The lowest BCUT2D eigenvalue weighted by molar-refractivity contribution is 0.858. The first-order valence-corrected chi connectivity index (χ1v) is 7.03. The Kier molecular flexibility index (Phi) is 4.59. The summed E-state index contributed by atoms with van der Waals surface area (Å²) in [4.78, 5) is 4.35. The van der Waals surface area contributed by atoms with Crippen LogP contribution >= 0.6 is 11.8 Å². The molecule has 0 radical (unpaired) electrons. The molecule has 0 saturated heterocycles. The second kappa shape index (κ2) is 6.40. The van der Waals surface area contributed by atoms with Gasteiger partial charge in [-0.15, -0.1) is 0 Å². The van der Waals surface area contributed by atoms with E-state index in [0.29, 0.717) is 11.7 Å². The predicted octanol–water partition coefficient (Wildman–Crippen LogP) is 2.03. The van der Waals surface area contributed by atoms with Crippen molar-refractivity contribution in [2.75, 3.05) is 5.75 Å². The maximum absolute atomic E-state index is 5.80. The summed E-state index contributed by atoms with van der Waals surface area (Å²) in [6.45, 7) is 2.47. The fraction of sp³-hybridized carbons (Fsp3) is 0.231. The smallest absolute Gasteiger partial charge is 0.159 e. The van der Waals surface area contributed by atoms with Gasteiger partial charge in [-0.3, -0.25) is 0 Å². The molecule has 0 atom stereocenters. The number of aliphatic imine (C=N–C) groups is 1. The van der Waals surface area contributed by atoms with Gasteiger partial charge in [-0.1, -0.05) is 18.7 Å². The lowest BCUT2D eigenvalue weighted by Gasteiger charge is -2.09. The van der Waals surface area contributed by atoms with Gasteiger partial charge in [0.1, 0.15) is 0 Å². The monoisotopic (exact) mass is 275 g/mol. The zero-order valence-corrected chi connectivity index (χ0v) is 11.6. The summed E-state index contributed by atoms with van der Waals surface area (Å²) >= 11 is 1.52. The van der Waals surface area contributed by atoms with Crippen molar-refractivity contribution in [1.29, 1.82) is 0 Å². The molecule has 1 aromatic heterocycles. The van der Waals surface area contributed by atoms with Crippen molar-refractivity contribution in [2.24, 2.45) is 16.5 Å². The van der Waals surface area contributed by atoms with Gasteiger partial charge in [0.25, 0.3) is 0 Å². The molecule has 6 heteroatoms. The highest BCUT2D eigenvalue weighted by molar-refractivity contribution is 8.13. The summed E-state index contributed by atoms with van der Waals surface area (Å²) in [6.07, 6.45) is 3.63. The SMILES string of the molecule is CCSC(N)=Nc1ccc(-n2cccn2)c(CN)c1. The quantitative estimate of drug-likeness (QED) is 0.660. The minimum Gasteiger partial charge on any atom is -0.378 e. The number of thioether (sulfide) groups is 1. The molecule has 0 spiro atoms. The molecule has 0 aliphatic heterocycles. The van der Waals surface area contributed by atoms with Gasteiger partial charge in [0.05, 0.1) is 11.4 Å². The normalized spacial score (nSPS) is 11.8. The van der Waals surface area contributed by atoms with Crippen LogP contribution in [0, 0.1) is 0 Å². The molecule has 2 aromatic rings. The highest BCUT2D eigenvalue weighted by Gasteiger charge is 2.05. The molecule has 0 unspecified atom stereocenters. The Morgan fingerprint density at radius 3 is 2.95 bits per heavy atom. The summed E-state index contributed by atoms with van der Waals surface area (Å²) in [6, 6.07) is 7.69. The number of benzene rings is 1. The molecule has 0 bridgehead atoms. The van der Waals surface area contributed by atoms with E-state index in [1.54, 1.807) is 10.9 Å². The number of aromatic nitrogens is 2. The van der Waals surface area contributed by atoms with E-state index in [9.17, 15) is 0 Å². The minimum atomic E-state index is 0.430. The van der Waals surface area contributed by atoms with Gasteiger partial charge in [-0.05, 0) is 35.6 Å². The van der Waals surface area contributed by atoms with Gasteiger partial charge in [-0.2, -0.15) is 5.10 Å². The highest BCUT2D eigenvalue weighted by Crippen LogP contribution is 2.21. The maximum Gasteiger partial charge on any atom is 0.159 e. The van der Waals surface area contributed by atoms with E-state index in [0.717, 1.165) is 22.7 Å². The highest BCUT2D eigenvalue weighted by atomic mass is 32.2. The third-order valence-corrected chi connectivity index (χ3v) is 3.24. The lowest BCUT2D eigenvalue weighted by Crippen LogP contribution is -2.07. The summed E-state index contributed by atoms with van der Waals surface area (Å²) in [7, 11) is 0. The average molecular weight is 275 g/mol. The predicted molar refractivity (Wildman–Crippen MR) is 80.9 cm³/mol. The van der Waals surface area contributed by atoms with Crippen molar-refractivity contribution in [3.05, 3.63) is 42.2 Å². The Morgan fingerprint density at radius 1 is 1.47 bits per heavy atom. The molecule has 0 amide bonds. The summed E-state index contributed by atoms with van der Waals surface area (Å²) in [5, 5.41) is 4.78. The van der Waals surface area contributed by atoms with Crippen LogP contribution in [0.4, 0.5) is 5.69 Å². The van der Waals surface area contributed by atoms with E-state index in [4.69, 9.17) is 11.5 Å². The topological polar surface area (TPSA) is 82.2 Å². The molecule has 0 saturated carbocycles. The summed E-state index contributed by atoms with van der Waals surface area (Å²) in [5.41, 5.74) is 14.4. The molecule has 4 N–H and O–H groups in total. The van der Waals surface area contributed by atoms with Crippen molar-refractivity contribution in [3.8, 4) is 5.69 Å². The van der Waals surface area contributed by atoms with Crippen molar-refractivity contribution >= 4 is 22.6 Å². The van der Waals surface area contributed by atoms with Crippen molar-refractivity contribution in [3.63, 3.8) is 0 Å². The number of rotatable bonds is 4. The molecule has 2 rings (SSSR count). The molecule has 19 heavy (non-hydrogen) atoms. The van der Waals surface area contributed by atoms with Crippen molar-refractivity contribution in [1.82, 2.24) is 9.78 Å². The molecular weight excluding hydrogens is 258 g/mol. The van der Waals surface area contributed by atoms with Crippen LogP contribution in [0.25, 0.3) is 5.69 Å². The number of nitrogens with zero attached hydrogens (tertiary/aromatic N) is 3. The van der Waals surface area contributed by atoms with E-state index in [1.807, 2.05) is 37.4 Å². The van der Waals surface area contributed by atoms with Crippen LogP contribution in [0.5, 0.6) is 0 Å². The molecule has 100 valence electrons. The second-order valence-corrected chi connectivity index (χ2v) is 5.14.